The molecular weight excluding hydrogens is 301 g/mol. The number of nitrogens with zero attached hydrogens (tertiary/aromatic N) is 2. The molecule has 0 bridgehead atoms. The molecule has 0 radical (unpaired) electrons. The van der Waals surface area contributed by atoms with E-state index < -0.39 is 11.7 Å². The van der Waals surface area contributed by atoms with Crippen molar-refractivity contribution in [2.45, 2.75) is 24.0 Å². The van der Waals surface area contributed by atoms with E-state index in [2.05, 4.69) is 4.98 Å². The van der Waals surface area contributed by atoms with Crippen LogP contribution in [-0.2, 0) is 19.0 Å². The fourth-order valence-electron chi connectivity index (χ4n) is 1.74. The molecule has 0 aliphatic carbocycles. The zero-order chi connectivity index (χ0) is 15.6. The Morgan fingerprint density at radius 3 is 2.67 bits per heavy atom. The van der Waals surface area contributed by atoms with Crippen LogP contribution in [0.2, 0.25) is 0 Å². The van der Waals surface area contributed by atoms with E-state index in [1.54, 1.807) is 20.0 Å². The Morgan fingerprint density at radius 1 is 1.29 bits per heavy atom. The molecular formula is C14H13F3N2OS. The molecule has 0 saturated carbocycles. The summed E-state index contributed by atoms with van der Waals surface area (Å²) in [7, 11) is 1.59. The highest BCUT2D eigenvalue weighted by Crippen LogP contribution is 2.30. The van der Waals surface area contributed by atoms with Gasteiger partial charge in [-0.3, -0.25) is 9.36 Å². The van der Waals surface area contributed by atoms with E-state index in [0.29, 0.717) is 22.2 Å². The van der Waals surface area contributed by atoms with Gasteiger partial charge in [0.1, 0.15) is 0 Å². The fraction of sp³-hybridized carbons (Fsp3) is 0.286. The van der Waals surface area contributed by atoms with E-state index in [1.165, 1.54) is 28.5 Å². The molecule has 0 aliphatic heterocycles. The first-order valence-electron chi connectivity index (χ1n) is 6.11. The summed E-state index contributed by atoms with van der Waals surface area (Å²) in [6.45, 7) is 1.70. The molecule has 0 N–H and O–H groups in total. The molecule has 112 valence electrons. The standard InChI is InChI=1S/C14H13F3N2OS/c1-9-6-12(20)19(2)13(18-9)21-8-10-4-3-5-11(7-10)14(15,16)17/h3-7H,8H2,1-2H3. The van der Waals surface area contributed by atoms with Crippen LogP contribution in [0.25, 0.3) is 0 Å². The van der Waals surface area contributed by atoms with E-state index in [4.69, 9.17) is 0 Å². The highest BCUT2D eigenvalue weighted by molar-refractivity contribution is 7.98. The summed E-state index contributed by atoms with van der Waals surface area (Å²) in [6, 6.07) is 6.56. The van der Waals surface area contributed by atoms with Crippen molar-refractivity contribution in [1.82, 2.24) is 9.55 Å². The van der Waals surface area contributed by atoms with Crippen LogP contribution in [0.4, 0.5) is 13.2 Å². The van der Waals surface area contributed by atoms with Crippen LogP contribution in [0.3, 0.4) is 0 Å². The Labute approximate surface area is 123 Å². The van der Waals surface area contributed by atoms with Crippen LogP contribution >= 0.6 is 11.8 Å². The minimum Gasteiger partial charge on any atom is -0.291 e. The number of benzene rings is 1. The zero-order valence-corrected chi connectivity index (χ0v) is 12.3. The van der Waals surface area contributed by atoms with Gasteiger partial charge in [0.25, 0.3) is 5.56 Å². The number of thioether (sulfide) groups is 1. The highest BCUT2D eigenvalue weighted by atomic mass is 32.2. The molecule has 7 heteroatoms. The molecule has 0 amide bonds. The summed E-state index contributed by atoms with van der Waals surface area (Å²) in [5, 5.41) is 0.484. The molecule has 0 unspecified atom stereocenters. The molecule has 2 aromatic rings. The van der Waals surface area contributed by atoms with Crippen LogP contribution < -0.4 is 5.56 Å². The summed E-state index contributed by atoms with van der Waals surface area (Å²) in [5.74, 6) is 0.313. The first kappa shape index (κ1) is 15.6. The molecule has 0 spiro atoms. The number of aromatic nitrogens is 2. The van der Waals surface area contributed by atoms with Crippen LogP contribution in [-0.4, -0.2) is 9.55 Å². The second kappa shape index (κ2) is 5.93. The minimum absolute atomic E-state index is 0.186. The molecule has 1 aromatic heterocycles. The minimum atomic E-state index is -4.35. The van der Waals surface area contributed by atoms with Crippen molar-refractivity contribution in [3.63, 3.8) is 0 Å². The maximum Gasteiger partial charge on any atom is 0.416 e. The van der Waals surface area contributed by atoms with Crippen LogP contribution in [0.15, 0.2) is 40.3 Å². The largest absolute Gasteiger partial charge is 0.416 e. The number of hydrogen-bond acceptors (Lipinski definition) is 3. The Hall–Kier alpha value is -1.76. The molecule has 0 atom stereocenters. The Balaban J connectivity index is 2.19. The van der Waals surface area contributed by atoms with Gasteiger partial charge in [0.2, 0.25) is 0 Å². The maximum atomic E-state index is 12.6. The molecule has 0 aliphatic rings. The van der Waals surface area contributed by atoms with Crippen molar-refractivity contribution in [3.8, 4) is 0 Å². The number of aryl methyl sites for hydroxylation is 1. The molecule has 1 aromatic carbocycles. The monoisotopic (exact) mass is 314 g/mol. The van der Waals surface area contributed by atoms with Gasteiger partial charge in [-0.1, -0.05) is 30.0 Å². The molecule has 1 heterocycles. The van der Waals surface area contributed by atoms with Crippen molar-refractivity contribution in [2.75, 3.05) is 0 Å². The van der Waals surface area contributed by atoms with Crippen molar-refractivity contribution >= 4 is 11.8 Å². The third-order valence-corrected chi connectivity index (χ3v) is 3.95. The number of alkyl halides is 3. The predicted octanol–water partition coefficient (Wildman–Crippen LogP) is 3.40. The van der Waals surface area contributed by atoms with Gasteiger partial charge >= 0.3 is 6.18 Å². The summed E-state index contributed by atoms with van der Waals surface area (Å²) >= 11 is 1.23. The van der Waals surface area contributed by atoms with E-state index in [1.807, 2.05) is 0 Å². The second-order valence-corrected chi connectivity index (χ2v) is 5.51. The summed E-state index contributed by atoms with van der Waals surface area (Å²) in [5.41, 5.74) is 0.260. The van der Waals surface area contributed by atoms with Gasteiger partial charge in [-0.25, -0.2) is 4.98 Å². The Bertz CT molecular complexity index is 710. The Kier molecular flexibility index (Phi) is 4.41. The molecule has 0 saturated heterocycles. The molecule has 21 heavy (non-hydrogen) atoms. The van der Waals surface area contributed by atoms with Crippen molar-refractivity contribution < 1.29 is 13.2 Å². The van der Waals surface area contributed by atoms with Gasteiger partial charge in [-0.05, 0) is 18.6 Å². The SMILES string of the molecule is Cc1cc(=O)n(C)c(SCc2cccc(C(F)(F)F)c2)n1. The van der Waals surface area contributed by atoms with Gasteiger partial charge in [0.15, 0.2) is 5.16 Å². The lowest BCUT2D eigenvalue weighted by Crippen LogP contribution is -2.19. The summed E-state index contributed by atoms with van der Waals surface area (Å²) in [6.07, 6.45) is -4.35. The number of rotatable bonds is 3. The first-order valence-corrected chi connectivity index (χ1v) is 7.09. The third-order valence-electron chi connectivity index (χ3n) is 2.84. The summed E-state index contributed by atoms with van der Waals surface area (Å²) in [4.78, 5) is 15.8. The lowest BCUT2D eigenvalue weighted by molar-refractivity contribution is -0.137. The lowest BCUT2D eigenvalue weighted by atomic mass is 10.1. The molecule has 3 nitrogen and oxygen atoms in total. The third kappa shape index (κ3) is 3.87. The topological polar surface area (TPSA) is 34.9 Å². The van der Waals surface area contributed by atoms with Gasteiger partial charge < -0.3 is 0 Å². The average molecular weight is 314 g/mol. The summed E-state index contributed by atoms with van der Waals surface area (Å²) < 4.78 is 39.3. The van der Waals surface area contributed by atoms with E-state index in [-0.39, 0.29) is 5.56 Å². The van der Waals surface area contributed by atoms with Crippen molar-refractivity contribution in [2.24, 2.45) is 7.05 Å². The normalized spacial score (nSPS) is 11.7. The van der Waals surface area contributed by atoms with Crippen LogP contribution in [0, 0.1) is 6.92 Å². The Morgan fingerprint density at radius 2 is 2.00 bits per heavy atom. The van der Waals surface area contributed by atoms with E-state index in [9.17, 15) is 18.0 Å². The van der Waals surface area contributed by atoms with E-state index >= 15 is 0 Å². The highest BCUT2D eigenvalue weighted by Gasteiger charge is 2.30. The van der Waals surface area contributed by atoms with Crippen LogP contribution in [0.1, 0.15) is 16.8 Å². The van der Waals surface area contributed by atoms with Crippen molar-refractivity contribution in [1.29, 1.82) is 0 Å². The first-order chi connectivity index (χ1) is 9.77. The van der Waals surface area contributed by atoms with Gasteiger partial charge in [0, 0.05) is 24.6 Å². The maximum absolute atomic E-state index is 12.6. The van der Waals surface area contributed by atoms with Crippen molar-refractivity contribution in [3.05, 3.63) is 57.5 Å². The fourth-order valence-corrected chi connectivity index (χ4v) is 2.71. The van der Waals surface area contributed by atoms with Crippen LogP contribution in [0.5, 0.6) is 0 Å². The predicted molar refractivity (Wildman–Crippen MR) is 75.2 cm³/mol. The molecule has 2 rings (SSSR count). The quantitative estimate of drug-likeness (QED) is 0.643. The smallest absolute Gasteiger partial charge is 0.291 e. The number of hydrogen-bond donors (Lipinski definition) is 0. The van der Waals surface area contributed by atoms with Gasteiger partial charge in [0.05, 0.1) is 5.56 Å². The van der Waals surface area contributed by atoms with Gasteiger partial charge in [-0.2, -0.15) is 13.2 Å². The zero-order valence-electron chi connectivity index (χ0n) is 11.4. The second-order valence-electron chi connectivity index (χ2n) is 4.56. The average Bonchev–Trinajstić information content (AvgIpc) is 2.40. The molecule has 0 fully saturated rings. The lowest BCUT2D eigenvalue weighted by Gasteiger charge is -2.10. The number of halogens is 3. The van der Waals surface area contributed by atoms with Gasteiger partial charge in [-0.15, -0.1) is 0 Å². The van der Waals surface area contributed by atoms with E-state index in [0.717, 1.165) is 12.1 Å².